The van der Waals surface area contributed by atoms with Gasteiger partial charge < -0.3 is 18.5 Å². The summed E-state index contributed by atoms with van der Waals surface area (Å²) in [6.45, 7) is 7.12. The van der Waals surface area contributed by atoms with Crippen molar-refractivity contribution in [3.8, 4) is 11.5 Å². The maximum atomic E-state index is 12.1. The Balaban J connectivity index is 0.000000650. The molecule has 0 spiro atoms. The predicted molar refractivity (Wildman–Crippen MR) is 170 cm³/mol. The van der Waals surface area contributed by atoms with Crippen LogP contribution in [-0.2, 0) is 28.2 Å². The highest BCUT2D eigenvalue weighted by atomic mass is 35.9. The molecule has 42 heavy (non-hydrogen) atoms. The van der Waals surface area contributed by atoms with Crippen molar-refractivity contribution in [2.75, 3.05) is 13.2 Å². The molecule has 0 aliphatic carbocycles. The lowest BCUT2D eigenvalue weighted by Gasteiger charge is -2.18. The van der Waals surface area contributed by atoms with Crippen molar-refractivity contribution < 1.29 is 37.2 Å². The number of hydrogen-bond acceptors (Lipinski definition) is 9. The summed E-state index contributed by atoms with van der Waals surface area (Å²) in [5.41, 5.74) is 0. The molecule has 10 nitrogen and oxygen atoms in total. The summed E-state index contributed by atoms with van der Waals surface area (Å²) in [5.74, 6) is 0.502. The van der Waals surface area contributed by atoms with E-state index in [0.717, 1.165) is 0 Å². The lowest BCUT2D eigenvalue weighted by Crippen LogP contribution is -2.34. The molecular weight excluding hydrogens is 672 g/mol. The number of benzene rings is 2. The number of nitrogens with one attached hydrogen (secondary N) is 2. The zero-order valence-electron chi connectivity index (χ0n) is 24.2. The number of carbonyl (C=O) groups excluding carboxylic acids is 2. The fourth-order valence-corrected chi connectivity index (χ4v) is 5.06. The Kier molecular flexibility index (Phi) is 20.9. The molecular formula is C26H38Cl4N2O8P2. The number of Topliss-reactive ketones (excluding diaryl/α,β-unsaturated/α-hetero) is 2. The smallest absolute Gasteiger partial charge is 0.422 e. The normalized spacial score (nSPS) is 13.9. The minimum Gasteiger partial charge on any atom is -0.422 e. The number of ketones is 2. The molecule has 0 heterocycles. The van der Waals surface area contributed by atoms with Gasteiger partial charge in [-0.3, -0.25) is 9.59 Å². The Bertz CT molecular complexity index is 1140. The molecule has 0 radical (unpaired) electrons. The van der Waals surface area contributed by atoms with Crippen LogP contribution in [-0.4, -0.2) is 49.1 Å². The van der Waals surface area contributed by atoms with Gasteiger partial charge in [-0.05, 0) is 77.6 Å². The van der Waals surface area contributed by atoms with Crippen molar-refractivity contribution in [3.63, 3.8) is 0 Å². The molecule has 3 atom stereocenters. The fourth-order valence-electron chi connectivity index (χ4n) is 2.36. The standard InChI is InChI=1S/C13H19ClNO4P.C7H14ClNO2.C6H5Cl2O2P/c1-10(2)18-9-13(16)11(3)15-20(14,17)19-12-7-5-4-6-8-12;1-5(2)11-4-7(10)6(3)9-8;7-11(8,9)10-6-4-2-1-3-5-6/h4-8,10-11H,9H2,1-3H3,(H,15,17);5-6,9H,4H2,1-3H3;1-5H/t11-,20?;6-;/m00./s1. The van der Waals surface area contributed by atoms with Crippen LogP contribution in [0.4, 0.5) is 0 Å². The number of rotatable bonds is 15. The molecule has 238 valence electrons. The van der Waals surface area contributed by atoms with Crippen LogP contribution in [0.25, 0.3) is 0 Å². The Morgan fingerprint density at radius 2 is 1.07 bits per heavy atom. The van der Waals surface area contributed by atoms with Crippen LogP contribution >= 0.6 is 58.4 Å². The SMILES string of the molecule is CC(C)OCC(=O)[C@H](C)NCl.CC(C)OCC(=O)[C@H](C)NP(=O)(Cl)Oc1ccccc1.O=P(Cl)(Cl)Oc1ccccc1. The van der Waals surface area contributed by atoms with E-state index < -0.39 is 19.0 Å². The van der Waals surface area contributed by atoms with E-state index >= 15 is 0 Å². The number of hydrogen-bond donors (Lipinski definition) is 2. The highest BCUT2D eigenvalue weighted by Gasteiger charge is 2.27. The lowest BCUT2D eigenvalue weighted by atomic mass is 10.2. The summed E-state index contributed by atoms with van der Waals surface area (Å²) in [6.07, 6.45) is -3.41. The fraction of sp³-hybridized carbons (Fsp3) is 0.462. The Morgan fingerprint density at radius 3 is 1.43 bits per heavy atom. The van der Waals surface area contributed by atoms with E-state index in [0.29, 0.717) is 11.5 Å². The van der Waals surface area contributed by atoms with Crippen LogP contribution in [0.2, 0.25) is 0 Å². The zero-order valence-corrected chi connectivity index (χ0v) is 29.0. The molecule has 2 aromatic carbocycles. The average molecular weight is 710 g/mol. The van der Waals surface area contributed by atoms with Crippen LogP contribution in [0, 0.1) is 0 Å². The Labute approximate surface area is 267 Å². The van der Waals surface area contributed by atoms with Crippen molar-refractivity contribution in [2.24, 2.45) is 0 Å². The van der Waals surface area contributed by atoms with Gasteiger partial charge in [0.15, 0.2) is 11.6 Å². The maximum absolute atomic E-state index is 12.1. The average Bonchev–Trinajstić information content (AvgIpc) is 2.90. The first-order valence-corrected chi connectivity index (χ1v) is 19.0. The van der Waals surface area contributed by atoms with Crippen LogP contribution in [0.1, 0.15) is 41.5 Å². The minimum atomic E-state index is -3.63. The van der Waals surface area contributed by atoms with Crippen molar-refractivity contribution in [1.82, 2.24) is 9.92 Å². The van der Waals surface area contributed by atoms with Crippen molar-refractivity contribution >= 4 is 70.0 Å². The number of para-hydroxylation sites is 2. The monoisotopic (exact) mass is 708 g/mol. The lowest BCUT2D eigenvalue weighted by molar-refractivity contribution is -0.126. The maximum Gasteiger partial charge on any atom is 0.428 e. The molecule has 16 heteroatoms. The Morgan fingerprint density at radius 1 is 0.690 bits per heavy atom. The van der Waals surface area contributed by atoms with E-state index in [4.69, 9.17) is 59.5 Å². The molecule has 0 amide bonds. The second-order valence-electron chi connectivity index (χ2n) is 9.04. The van der Waals surface area contributed by atoms with Gasteiger partial charge in [-0.25, -0.2) is 19.1 Å². The number of carbonyl (C=O) groups is 2. The molecule has 0 aliphatic heterocycles. The first kappa shape index (κ1) is 40.8. The minimum absolute atomic E-state index is 0.0336. The molecule has 0 aromatic heterocycles. The second-order valence-corrected chi connectivity index (χ2v) is 16.2. The quantitative estimate of drug-likeness (QED) is 0.138. The van der Waals surface area contributed by atoms with Crippen LogP contribution < -0.4 is 19.0 Å². The van der Waals surface area contributed by atoms with Gasteiger partial charge in [0.1, 0.15) is 24.7 Å². The number of halogens is 4. The first-order chi connectivity index (χ1) is 19.5. The van der Waals surface area contributed by atoms with Crippen molar-refractivity contribution in [3.05, 3.63) is 60.7 Å². The predicted octanol–water partition coefficient (Wildman–Crippen LogP) is 8.15. The summed E-state index contributed by atoms with van der Waals surface area (Å²) >= 11 is 21.4. The van der Waals surface area contributed by atoms with Gasteiger partial charge in [-0.1, -0.05) is 36.4 Å². The molecule has 2 aromatic rings. The molecule has 0 fully saturated rings. The van der Waals surface area contributed by atoms with E-state index in [1.807, 2.05) is 27.7 Å². The summed E-state index contributed by atoms with van der Waals surface area (Å²) in [7, 11) is 0. The molecule has 2 N–H and O–H groups in total. The zero-order chi connectivity index (χ0) is 32.3. The third-order valence-electron chi connectivity index (χ3n) is 4.52. The van der Waals surface area contributed by atoms with Crippen LogP contribution in [0.3, 0.4) is 0 Å². The highest BCUT2D eigenvalue weighted by molar-refractivity contribution is 8.05. The van der Waals surface area contributed by atoms with E-state index in [-0.39, 0.29) is 43.0 Å². The van der Waals surface area contributed by atoms with Gasteiger partial charge in [-0.2, -0.15) is 0 Å². The van der Waals surface area contributed by atoms with Gasteiger partial charge in [0.25, 0.3) is 0 Å². The van der Waals surface area contributed by atoms with E-state index in [1.54, 1.807) is 74.5 Å². The highest BCUT2D eigenvalue weighted by Crippen LogP contribution is 2.57. The van der Waals surface area contributed by atoms with Gasteiger partial charge >= 0.3 is 12.9 Å². The first-order valence-electron chi connectivity index (χ1n) is 12.7. The summed E-state index contributed by atoms with van der Waals surface area (Å²) in [6, 6.07) is 16.0. The van der Waals surface area contributed by atoms with Crippen molar-refractivity contribution in [2.45, 2.75) is 65.8 Å². The summed E-state index contributed by atoms with van der Waals surface area (Å²) in [4.78, 5) is 25.1. The molecule has 0 bridgehead atoms. The molecule has 0 saturated carbocycles. The van der Waals surface area contributed by atoms with Gasteiger partial charge in [0, 0.05) is 33.7 Å². The van der Waals surface area contributed by atoms with Crippen molar-refractivity contribution in [1.29, 1.82) is 0 Å². The molecule has 0 aliphatic rings. The van der Waals surface area contributed by atoms with Crippen LogP contribution in [0.5, 0.6) is 11.5 Å². The van der Waals surface area contributed by atoms with E-state index in [1.165, 1.54) is 0 Å². The largest absolute Gasteiger partial charge is 0.428 e. The Hall–Kier alpha value is -1.16. The summed E-state index contributed by atoms with van der Waals surface area (Å²) < 4.78 is 42.9. The summed E-state index contributed by atoms with van der Waals surface area (Å²) in [5, 5.41) is 2.50. The van der Waals surface area contributed by atoms with E-state index in [2.05, 4.69) is 14.4 Å². The van der Waals surface area contributed by atoms with E-state index in [9.17, 15) is 18.7 Å². The van der Waals surface area contributed by atoms with Gasteiger partial charge in [0.2, 0.25) is 0 Å². The molecule has 0 saturated heterocycles. The molecule has 2 rings (SSSR count). The van der Waals surface area contributed by atoms with Crippen LogP contribution in [0.15, 0.2) is 60.7 Å². The topological polar surface area (TPSA) is 129 Å². The number of ether oxygens (including phenoxy) is 2. The van der Waals surface area contributed by atoms with Gasteiger partial charge in [0.05, 0.1) is 24.3 Å². The third-order valence-corrected chi connectivity index (χ3v) is 7.32. The molecule has 1 unspecified atom stereocenters. The van der Waals surface area contributed by atoms with Gasteiger partial charge in [-0.15, -0.1) is 0 Å². The second kappa shape index (κ2) is 21.5. The third kappa shape index (κ3) is 22.4.